The van der Waals surface area contributed by atoms with E-state index in [1.165, 1.54) is 0 Å². The molecular formula is C12H12BrN7. The van der Waals surface area contributed by atoms with Crippen LogP contribution >= 0.6 is 15.9 Å². The summed E-state index contributed by atoms with van der Waals surface area (Å²) in [6.45, 7) is 3.86. The van der Waals surface area contributed by atoms with Gasteiger partial charge < -0.3 is 0 Å². The molecule has 0 bridgehead atoms. The summed E-state index contributed by atoms with van der Waals surface area (Å²) in [6.07, 6.45) is 5.43. The van der Waals surface area contributed by atoms with Gasteiger partial charge in [0.25, 0.3) is 0 Å². The highest BCUT2D eigenvalue weighted by atomic mass is 79.9. The third-order valence-corrected chi connectivity index (χ3v) is 3.22. The van der Waals surface area contributed by atoms with Gasteiger partial charge in [0, 0.05) is 18.8 Å². The molecule has 3 aromatic heterocycles. The number of aryl methyl sites for hydroxylation is 3. The Morgan fingerprint density at radius 2 is 1.95 bits per heavy atom. The van der Waals surface area contributed by atoms with Gasteiger partial charge in [0.1, 0.15) is 5.82 Å². The number of aromatic nitrogens is 7. The number of fused-ring (bicyclic) bond motifs is 1. The summed E-state index contributed by atoms with van der Waals surface area (Å²) in [6, 6.07) is 0. The minimum Gasteiger partial charge on any atom is -0.248 e. The van der Waals surface area contributed by atoms with Crippen LogP contribution in [0, 0.1) is 13.8 Å². The first-order valence-corrected chi connectivity index (χ1v) is 6.77. The predicted molar refractivity (Wildman–Crippen MR) is 77.9 cm³/mol. The topological polar surface area (TPSA) is 73.8 Å². The zero-order valence-corrected chi connectivity index (χ0v) is 12.8. The second-order valence-electron chi connectivity index (χ2n) is 4.39. The Balaban J connectivity index is 2.01. The molecule has 0 aliphatic heterocycles. The number of hydrogen-bond acceptors (Lipinski definition) is 5. The number of rotatable bonds is 2. The van der Waals surface area contributed by atoms with Crippen molar-refractivity contribution in [1.82, 2.24) is 34.3 Å². The van der Waals surface area contributed by atoms with Crippen LogP contribution in [0.4, 0.5) is 0 Å². The summed E-state index contributed by atoms with van der Waals surface area (Å²) in [4.78, 5) is 13.0. The smallest absolute Gasteiger partial charge is 0.217 e. The van der Waals surface area contributed by atoms with Crippen LogP contribution < -0.4 is 0 Å². The van der Waals surface area contributed by atoms with Crippen LogP contribution in [0.5, 0.6) is 0 Å². The Labute approximate surface area is 123 Å². The summed E-state index contributed by atoms with van der Waals surface area (Å²) in [5.41, 5.74) is 1.81. The zero-order chi connectivity index (χ0) is 14.3. The monoisotopic (exact) mass is 333 g/mol. The Morgan fingerprint density at radius 3 is 2.60 bits per heavy atom. The van der Waals surface area contributed by atoms with Crippen LogP contribution in [0.2, 0.25) is 0 Å². The van der Waals surface area contributed by atoms with Crippen LogP contribution in [-0.4, -0.2) is 34.3 Å². The van der Waals surface area contributed by atoms with Gasteiger partial charge in [0.2, 0.25) is 4.73 Å². The fraction of sp³-hybridized carbons (Fsp3) is 0.250. The molecule has 0 fully saturated rings. The van der Waals surface area contributed by atoms with Crippen LogP contribution in [0.25, 0.3) is 17.8 Å². The maximum absolute atomic E-state index is 4.48. The third-order valence-electron chi connectivity index (χ3n) is 2.88. The molecule has 3 heterocycles. The average molecular weight is 334 g/mol. The molecule has 0 atom stereocenters. The molecule has 102 valence electrons. The van der Waals surface area contributed by atoms with Gasteiger partial charge in [-0.05, 0) is 41.9 Å². The van der Waals surface area contributed by atoms with Gasteiger partial charge in [-0.3, -0.25) is 0 Å². The molecule has 0 N–H and O–H groups in total. The fourth-order valence-electron chi connectivity index (χ4n) is 1.84. The average Bonchev–Trinajstić information content (AvgIpc) is 2.96. The summed E-state index contributed by atoms with van der Waals surface area (Å²) >= 11 is 3.24. The van der Waals surface area contributed by atoms with E-state index in [2.05, 4.69) is 41.1 Å². The van der Waals surface area contributed by atoms with Gasteiger partial charge in [0.15, 0.2) is 17.3 Å². The number of nitrogens with zero attached hydrogens (tertiary/aromatic N) is 7. The van der Waals surface area contributed by atoms with Gasteiger partial charge in [-0.15, -0.1) is 10.2 Å². The molecule has 0 spiro atoms. The van der Waals surface area contributed by atoms with Crippen molar-refractivity contribution in [3.63, 3.8) is 0 Å². The second-order valence-corrected chi connectivity index (χ2v) is 5.10. The lowest BCUT2D eigenvalue weighted by Crippen LogP contribution is -1.98. The maximum atomic E-state index is 4.48. The van der Waals surface area contributed by atoms with Gasteiger partial charge in [-0.1, -0.05) is 0 Å². The minimum absolute atomic E-state index is 0.554. The normalized spacial score (nSPS) is 11.8. The summed E-state index contributed by atoms with van der Waals surface area (Å²) in [5, 5.41) is 8.52. The van der Waals surface area contributed by atoms with Gasteiger partial charge in [-0.25, -0.2) is 19.6 Å². The number of hydrogen-bond donors (Lipinski definition) is 0. The molecule has 7 nitrogen and oxygen atoms in total. The molecule has 0 radical (unpaired) electrons. The van der Waals surface area contributed by atoms with E-state index in [9.17, 15) is 0 Å². The van der Waals surface area contributed by atoms with Crippen molar-refractivity contribution >= 4 is 33.7 Å². The molecule has 3 rings (SSSR count). The largest absolute Gasteiger partial charge is 0.248 e. The first-order valence-electron chi connectivity index (χ1n) is 5.98. The zero-order valence-electron chi connectivity index (χ0n) is 11.2. The summed E-state index contributed by atoms with van der Waals surface area (Å²) in [7, 11) is 1.83. The van der Waals surface area contributed by atoms with Crippen molar-refractivity contribution in [2.24, 2.45) is 7.05 Å². The van der Waals surface area contributed by atoms with Crippen molar-refractivity contribution in [3.05, 3.63) is 34.0 Å². The molecule has 0 saturated carbocycles. The van der Waals surface area contributed by atoms with Gasteiger partial charge >= 0.3 is 0 Å². The van der Waals surface area contributed by atoms with Crippen molar-refractivity contribution < 1.29 is 0 Å². The fourth-order valence-corrected chi connectivity index (χ4v) is 2.26. The Morgan fingerprint density at radius 1 is 1.15 bits per heavy atom. The van der Waals surface area contributed by atoms with E-state index in [0.717, 1.165) is 22.9 Å². The highest BCUT2D eigenvalue weighted by molar-refractivity contribution is 9.10. The first-order chi connectivity index (χ1) is 9.54. The second kappa shape index (κ2) is 4.78. The van der Waals surface area contributed by atoms with Crippen molar-refractivity contribution in [1.29, 1.82) is 0 Å². The van der Waals surface area contributed by atoms with E-state index in [1.807, 2.05) is 33.0 Å². The maximum Gasteiger partial charge on any atom is 0.217 e. The molecule has 0 aromatic carbocycles. The molecule has 0 aliphatic rings. The molecule has 0 aliphatic carbocycles. The van der Waals surface area contributed by atoms with Crippen LogP contribution in [-0.2, 0) is 7.05 Å². The van der Waals surface area contributed by atoms with Crippen LogP contribution in [0.1, 0.15) is 23.0 Å². The lowest BCUT2D eigenvalue weighted by molar-refractivity contribution is 0.751. The molecule has 3 aromatic rings. The Hall–Kier alpha value is -2.09. The van der Waals surface area contributed by atoms with E-state index in [0.29, 0.717) is 10.6 Å². The minimum atomic E-state index is 0.554. The standard InChI is InChI=1S/C12H12BrN7/c1-7-6-14-8(2)20-11(7)15-9(17-20)4-5-10-16-12(13)18-19(10)3/h4-6H,1-3H3/b5-4+. The molecule has 8 heteroatoms. The van der Waals surface area contributed by atoms with Crippen LogP contribution in [0.15, 0.2) is 10.9 Å². The summed E-state index contributed by atoms with van der Waals surface area (Å²) in [5.74, 6) is 2.14. The molecule has 20 heavy (non-hydrogen) atoms. The van der Waals surface area contributed by atoms with Crippen molar-refractivity contribution in [2.75, 3.05) is 0 Å². The van der Waals surface area contributed by atoms with E-state index in [1.54, 1.807) is 15.4 Å². The SMILES string of the molecule is Cc1cnc(C)n2nc(/C=C/c3nc(Br)nn3C)nc12. The quantitative estimate of drug-likeness (QED) is 0.714. The highest BCUT2D eigenvalue weighted by Gasteiger charge is 2.07. The Bertz CT molecular complexity index is 776. The molecule has 0 amide bonds. The Kier molecular flexibility index (Phi) is 3.09. The molecular weight excluding hydrogens is 322 g/mol. The van der Waals surface area contributed by atoms with E-state index in [4.69, 9.17) is 0 Å². The lowest BCUT2D eigenvalue weighted by atomic mass is 10.3. The predicted octanol–water partition coefficient (Wildman–Crippen LogP) is 1.80. The molecule has 0 unspecified atom stereocenters. The third kappa shape index (κ3) is 2.22. The van der Waals surface area contributed by atoms with Crippen molar-refractivity contribution in [2.45, 2.75) is 13.8 Å². The van der Waals surface area contributed by atoms with E-state index < -0.39 is 0 Å². The first kappa shape index (κ1) is 12.9. The number of halogens is 1. The van der Waals surface area contributed by atoms with Crippen molar-refractivity contribution in [3.8, 4) is 0 Å². The van der Waals surface area contributed by atoms with E-state index >= 15 is 0 Å². The highest BCUT2D eigenvalue weighted by Crippen LogP contribution is 2.11. The summed E-state index contributed by atoms with van der Waals surface area (Å²) < 4.78 is 3.97. The molecule has 0 saturated heterocycles. The lowest BCUT2D eigenvalue weighted by Gasteiger charge is -1.97. The van der Waals surface area contributed by atoms with Gasteiger partial charge in [0.05, 0.1) is 0 Å². The van der Waals surface area contributed by atoms with Crippen LogP contribution in [0.3, 0.4) is 0 Å². The van der Waals surface area contributed by atoms with E-state index in [-0.39, 0.29) is 0 Å². The van der Waals surface area contributed by atoms with Gasteiger partial charge in [-0.2, -0.15) is 4.52 Å².